The van der Waals surface area contributed by atoms with Crippen molar-refractivity contribution >= 4 is 21.6 Å². The number of sulfonamides is 1. The average molecular weight is 445 g/mol. The minimum Gasteiger partial charge on any atom is -0.481 e. The topological polar surface area (TPSA) is 75.7 Å². The van der Waals surface area contributed by atoms with Crippen molar-refractivity contribution in [2.24, 2.45) is 0 Å². The lowest BCUT2D eigenvalue weighted by Gasteiger charge is -2.22. The molecule has 3 rings (SSSR count). The van der Waals surface area contributed by atoms with Gasteiger partial charge in [-0.05, 0) is 63.1 Å². The second-order valence-corrected chi connectivity index (χ2v) is 10.2. The first-order chi connectivity index (χ1) is 14.8. The van der Waals surface area contributed by atoms with Gasteiger partial charge in [0, 0.05) is 13.1 Å². The molecule has 1 atom stereocenters. The predicted molar refractivity (Wildman–Crippen MR) is 123 cm³/mol. The van der Waals surface area contributed by atoms with E-state index in [0.717, 1.165) is 31.2 Å². The molecule has 0 bridgehead atoms. The molecule has 0 spiro atoms. The highest BCUT2D eigenvalue weighted by atomic mass is 32.2. The van der Waals surface area contributed by atoms with Crippen LogP contribution in [0.2, 0.25) is 0 Å². The molecule has 168 valence electrons. The molecule has 1 fully saturated rings. The normalized spacial score (nSPS) is 16.2. The Balaban J connectivity index is 1.61. The molecule has 0 aromatic heterocycles. The third-order valence-electron chi connectivity index (χ3n) is 5.76. The van der Waals surface area contributed by atoms with Crippen LogP contribution in [0.4, 0.5) is 5.69 Å². The number of amides is 1. The first-order valence-electron chi connectivity index (χ1n) is 10.9. The van der Waals surface area contributed by atoms with E-state index in [9.17, 15) is 13.2 Å². The lowest BCUT2D eigenvalue weighted by molar-refractivity contribution is -0.128. The number of ether oxygens (including phenoxy) is 1. The Morgan fingerprint density at radius 3 is 2.16 bits per heavy atom. The first-order valence-corrected chi connectivity index (χ1v) is 12.3. The van der Waals surface area contributed by atoms with E-state index >= 15 is 0 Å². The van der Waals surface area contributed by atoms with E-state index < -0.39 is 16.1 Å². The molecule has 6 nitrogen and oxygen atoms in total. The number of carbonyl (C=O) groups excluding carboxylic acids is 1. The van der Waals surface area contributed by atoms with Crippen LogP contribution in [0.15, 0.2) is 53.4 Å². The Morgan fingerprint density at radius 1 is 1.00 bits per heavy atom. The molecular weight excluding hydrogens is 412 g/mol. The number of nitrogens with one attached hydrogen (secondary N) is 1. The molecule has 0 heterocycles. The van der Waals surface area contributed by atoms with Crippen LogP contribution in [-0.2, 0) is 14.8 Å². The number of nitrogens with zero attached hydrogens (tertiary/aromatic N) is 1. The van der Waals surface area contributed by atoms with E-state index in [-0.39, 0.29) is 16.8 Å². The van der Waals surface area contributed by atoms with Crippen LogP contribution in [0.25, 0.3) is 0 Å². The molecule has 1 saturated carbocycles. The number of aryl methyl sites for hydroxylation is 1. The van der Waals surface area contributed by atoms with Crippen molar-refractivity contribution in [1.29, 1.82) is 0 Å². The van der Waals surface area contributed by atoms with E-state index in [2.05, 4.69) is 5.32 Å². The number of rotatable bonds is 7. The number of benzene rings is 2. The second-order valence-electron chi connectivity index (χ2n) is 8.24. The van der Waals surface area contributed by atoms with Gasteiger partial charge in [0.15, 0.2) is 6.10 Å². The fourth-order valence-electron chi connectivity index (χ4n) is 3.74. The van der Waals surface area contributed by atoms with Crippen LogP contribution in [-0.4, -0.2) is 33.5 Å². The van der Waals surface area contributed by atoms with Gasteiger partial charge in [-0.15, -0.1) is 0 Å². The van der Waals surface area contributed by atoms with Crippen molar-refractivity contribution in [3.63, 3.8) is 0 Å². The van der Waals surface area contributed by atoms with Crippen molar-refractivity contribution in [3.8, 4) is 5.75 Å². The van der Waals surface area contributed by atoms with Crippen molar-refractivity contribution in [2.75, 3.05) is 11.4 Å². The molecule has 2 aromatic rings. The van der Waals surface area contributed by atoms with Crippen LogP contribution in [0.5, 0.6) is 5.75 Å². The third kappa shape index (κ3) is 6.00. The summed E-state index contributed by atoms with van der Waals surface area (Å²) in [7, 11) is -2.13. The van der Waals surface area contributed by atoms with Gasteiger partial charge in [0.1, 0.15) is 5.75 Å². The SMILES string of the molecule is Cc1ccc(S(=O)(=O)N(C)c2ccc(OC(C)C(=O)NC3CCCCCC3)cc2)cc1. The van der Waals surface area contributed by atoms with Crippen molar-refractivity contribution in [1.82, 2.24) is 5.32 Å². The lowest BCUT2D eigenvalue weighted by atomic mass is 10.1. The van der Waals surface area contributed by atoms with Gasteiger partial charge in [0.2, 0.25) is 0 Å². The maximum atomic E-state index is 12.9. The van der Waals surface area contributed by atoms with E-state index in [1.165, 1.54) is 24.2 Å². The van der Waals surface area contributed by atoms with E-state index in [1.54, 1.807) is 55.5 Å². The summed E-state index contributed by atoms with van der Waals surface area (Å²) in [6.07, 6.45) is 6.20. The average Bonchev–Trinajstić information content (AvgIpc) is 3.02. The number of anilines is 1. The van der Waals surface area contributed by atoms with Crippen molar-refractivity contribution < 1.29 is 17.9 Å². The number of carbonyl (C=O) groups is 1. The Bertz CT molecular complexity index is 964. The minimum atomic E-state index is -3.65. The van der Waals surface area contributed by atoms with Crippen LogP contribution in [0.3, 0.4) is 0 Å². The van der Waals surface area contributed by atoms with Crippen LogP contribution >= 0.6 is 0 Å². The fourth-order valence-corrected chi connectivity index (χ4v) is 4.94. The summed E-state index contributed by atoms with van der Waals surface area (Å²) in [4.78, 5) is 12.7. The van der Waals surface area contributed by atoms with Gasteiger partial charge < -0.3 is 10.1 Å². The summed E-state index contributed by atoms with van der Waals surface area (Å²) in [6, 6.07) is 13.7. The quantitative estimate of drug-likeness (QED) is 0.641. The summed E-state index contributed by atoms with van der Waals surface area (Å²) in [5.41, 5.74) is 1.52. The molecule has 1 aliphatic rings. The zero-order chi connectivity index (χ0) is 22.4. The Morgan fingerprint density at radius 2 is 1.58 bits per heavy atom. The molecule has 0 saturated heterocycles. The predicted octanol–water partition coefficient (Wildman–Crippen LogP) is 4.43. The summed E-state index contributed by atoms with van der Waals surface area (Å²) < 4.78 is 32.7. The Labute approximate surface area is 185 Å². The second kappa shape index (κ2) is 10.2. The van der Waals surface area contributed by atoms with Crippen molar-refractivity contribution in [3.05, 3.63) is 54.1 Å². The molecule has 0 aliphatic heterocycles. The van der Waals surface area contributed by atoms with Crippen molar-refractivity contribution in [2.45, 2.75) is 69.4 Å². The summed E-state index contributed by atoms with van der Waals surface area (Å²) in [5, 5.41) is 3.10. The summed E-state index contributed by atoms with van der Waals surface area (Å²) in [5.74, 6) is 0.406. The smallest absolute Gasteiger partial charge is 0.264 e. The van der Waals surface area contributed by atoms with Gasteiger partial charge in [-0.1, -0.05) is 43.4 Å². The summed E-state index contributed by atoms with van der Waals surface area (Å²) in [6.45, 7) is 3.64. The zero-order valence-electron chi connectivity index (χ0n) is 18.5. The Hall–Kier alpha value is -2.54. The zero-order valence-corrected chi connectivity index (χ0v) is 19.3. The van der Waals surface area contributed by atoms with Crippen LogP contribution in [0, 0.1) is 6.92 Å². The molecule has 7 heteroatoms. The van der Waals surface area contributed by atoms with Gasteiger partial charge >= 0.3 is 0 Å². The summed E-state index contributed by atoms with van der Waals surface area (Å²) >= 11 is 0. The van der Waals surface area contributed by atoms with Gasteiger partial charge in [0.05, 0.1) is 10.6 Å². The molecule has 0 radical (unpaired) electrons. The highest BCUT2D eigenvalue weighted by Gasteiger charge is 2.22. The number of hydrogen-bond acceptors (Lipinski definition) is 4. The lowest BCUT2D eigenvalue weighted by Crippen LogP contribution is -2.42. The molecule has 31 heavy (non-hydrogen) atoms. The maximum absolute atomic E-state index is 12.9. The van der Waals surface area contributed by atoms with E-state index in [1.807, 2.05) is 6.92 Å². The largest absolute Gasteiger partial charge is 0.481 e. The third-order valence-corrected chi connectivity index (χ3v) is 7.56. The maximum Gasteiger partial charge on any atom is 0.264 e. The molecule has 1 N–H and O–H groups in total. The fraction of sp³-hybridized carbons (Fsp3) is 0.458. The molecule has 2 aromatic carbocycles. The van der Waals surface area contributed by atoms with E-state index in [4.69, 9.17) is 4.74 Å². The molecule has 1 amide bonds. The highest BCUT2D eigenvalue weighted by molar-refractivity contribution is 7.92. The van der Waals surface area contributed by atoms with E-state index in [0.29, 0.717) is 11.4 Å². The van der Waals surface area contributed by atoms with Gasteiger partial charge in [-0.3, -0.25) is 9.10 Å². The molecule has 1 aliphatic carbocycles. The highest BCUT2D eigenvalue weighted by Crippen LogP contribution is 2.25. The molecular formula is C24H32N2O4S. The monoisotopic (exact) mass is 444 g/mol. The van der Waals surface area contributed by atoms with Gasteiger partial charge in [0.25, 0.3) is 15.9 Å². The standard InChI is InChI=1S/C24H32N2O4S/c1-18-10-16-23(17-11-18)31(28,29)26(3)21-12-14-22(15-13-21)30-19(2)24(27)25-20-8-6-4-5-7-9-20/h10-17,19-20H,4-9H2,1-3H3,(H,25,27). The van der Waals surface area contributed by atoms with Gasteiger partial charge in [-0.2, -0.15) is 0 Å². The minimum absolute atomic E-state index is 0.116. The molecule has 1 unspecified atom stereocenters. The van der Waals surface area contributed by atoms with Crippen LogP contribution in [0.1, 0.15) is 51.0 Å². The van der Waals surface area contributed by atoms with Gasteiger partial charge in [-0.25, -0.2) is 8.42 Å². The Kier molecular flexibility index (Phi) is 7.59. The van der Waals surface area contributed by atoms with Crippen LogP contribution < -0.4 is 14.4 Å². The number of hydrogen-bond donors (Lipinski definition) is 1. The first kappa shape index (κ1) is 23.1.